The summed E-state index contributed by atoms with van der Waals surface area (Å²) in [6.45, 7) is 0.202. The van der Waals surface area contributed by atoms with Gasteiger partial charge in [0.25, 0.3) is 0 Å². The van der Waals surface area contributed by atoms with Gasteiger partial charge < -0.3 is 9.47 Å². The van der Waals surface area contributed by atoms with Crippen LogP contribution in [0.2, 0.25) is 0 Å². The summed E-state index contributed by atoms with van der Waals surface area (Å²) in [4.78, 5) is 27.3. The molecule has 0 radical (unpaired) electrons. The minimum absolute atomic E-state index is 0.0490. The van der Waals surface area contributed by atoms with E-state index in [2.05, 4.69) is 15.9 Å². The maximum Gasteiger partial charge on any atom is 0.242 e. The van der Waals surface area contributed by atoms with Crippen molar-refractivity contribution in [2.75, 3.05) is 7.05 Å². The molecule has 0 atom stereocenters. The Morgan fingerprint density at radius 2 is 1.59 bits per heavy atom. The molecule has 6 heteroatoms. The number of carbonyl (C=O) groups excluding carboxylic acids is 1. The Morgan fingerprint density at radius 1 is 1.00 bits per heavy atom. The van der Waals surface area contributed by atoms with E-state index in [0.717, 1.165) is 4.47 Å². The lowest BCUT2D eigenvalue weighted by Crippen LogP contribution is -2.30. The highest BCUT2D eigenvalue weighted by Gasteiger charge is 2.16. The van der Waals surface area contributed by atoms with Crippen LogP contribution in [-0.4, -0.2) is 22.4 Å². The van der Waals surface area contributed by atoms with E-state index < -0.39 is 0 Å². The van der Waals surface area contributed by atoms with Crippen LogP contribution in [0.1, 0.15) is 5.56 Å². The molecule has 0 fully saturated rings. The summed E-state index contributed by atoms with van der Waals surface area (Å²) in [6.07, 6.45) is 0. The fraction of sp³-hybridized carbons (Fsp3) is 0.130. The number of fused-ring (bicyclic) bond motifs is 2. The second-order valence-corrected chi connectivity index (χ2v) is 7.85. The van der Waals surface area contributed by atoms with E-state index in [1.807, 2.05) is 41.0 Å². The number of pyridine rings is 1. The van der Waals surface area contributed by atoms with Crippen LogP contribution in [0.5, 0.6) is 0 Å². The molecule has 146 valence electrons. The van der Waals surface area contributed by atoms with Gasteiger partial charge in [0.05, 0.1) is 11.0 Å². The summed E-state index contributed by atoms with van der Waals surface area (Å²) >= 11 is 3.33. The molecular formula is C23H18BrFN2O2. The molecule has 29 heavy (non-hydrogen) atoms. The van der Waals surface area contributed by atoms with Gasteiger partial charge in [0.15, 0.2) is 5.43 Å². The lowest BCUT2D eigenvalue weighted by molar-refractivity contribution is -0.130. The van der Waals surface area contributed by atoms with Crippen molar-refractivity contribution in [3.05, 3.63) is 92.8 Å². The van der Waals surface area contributed by atoms with Crippen molar-refractivity contribution in [3.8, 4) is 0 Å². The molecule has 0 aliphatic rings. The first-order valence-electron chi connectivity index (χ1n) is 9.14. The summed E-state index contributed by atoms with van der Waals surface area (Å²) in [5.41, 5.74) is 1.78. The second kappa shape index (κ2) is 7.79. The van der Waals surface area contributed by atoms with Crippen LogP contribution >= 0.6 is 15.9 Å². The van der Waals surface area contributed by atoms with Crippen molar-refractivity contribution in [2.24, 2.45) is 0 Å². The molecule has 0 spiro atoms. The van der Waals surface area contributed by atoms with Gasteiger partial charge in [-0.1, -0.05) is 40.2 Å². The zero-order valence-corrected chi connectivity index (χ0v) is 17.3. The fourth-order valence-electron chi connectivity index (χ4n) is 3.51. The lowest BCUT2D eigenvalue weighted by Gasteiger charge is -2.21. The first-order valence-corrected chi connectivity index (χ1v) is 9.93. The molecule has 1 amide bonds. The SMILES string of the molecule is CN(Cc1cc(Br)ccc1F)C(=O)Cn1c2ccccc2c(=O)c2ccccc21. The highest BCUT2D eigenvalue weighted by Crippen LogP contribution is 2.20. The summed E-state index contributed by atoms with van der Waals surface area (Å²) in [7, 11) is 1.65. The number of likely N-dealkylation sites (N-methyl/N-ethyl adjacent to an activating group) is 1. The third-order valence-corrected chi connectivity index (χ3v) is 5.51. The first kappa shape index (κ1) is 19.3. The van der Waals surface area contributed by atoms with Crippen molar-refractivity contribution in [1.29, 1.82) is 0 Å². The van der Waals surface area contributed by atoms with Crippen LogP contribution in [0.15, 0.2) is 76.0 Å². The molecule has 0 aliphatic carbocycles. The van der Waals surface area contributed by atoms with E-state index >= 15 is 0 Å². The highest BCUT2D eigenvalue weighted by molar-refractivity contribution is 9.10. The fourth-order valence-corrected chi connectivity index (χ4v) is 3.92. The predicted molar refractivity (Wildman–Crippen MR) is 116 cm³/mol. The van der Waals surface area contributed by atoms with E-state index in [9.17, 15) is 14.0 Å². The third kappa shape index (κ3) is 3.68. The normalized spacial score (nSPS) is 11.1. The minimum atomic E-state index is -0.355. The summed E-state index contributed by atoms with van der Waals surface area (Å²) in [6, 6.07) is 19.2. The zero-order chi connectivity index (χ0) is 20.5. The Kier molecular flexibility index (Phi) is 5.20. The quantitative estimate of drug-likeness (QED) is 0.420. The van der Waals surface area contributed by atoms with Gasteiger partial charge >= 0.3 is 0 Å². The molecule has 4 rings (SSSR count). The summed E-state index contributed by atoms with van der Waals surface area (Å²) in [5.74, 6) is -0.532. The molecule has 3 aromatic carbocycles. The Hall–Kier alpha value is -2.99. The van der Waals surface area contributed by atoms with Crippen LogP contribution < -0.4 is 5.43 Å². The van der Waals surface area contributed by atoms with Gasteiger partial charge in [-0.2, -0.15) is 0 Å². The Bertz CT molecular complexity index is 1240. The van der Waals surface area contributed by atoms with E-state index in [4.69, 9.17) is 0 Å². The number of benzene rings is 3. The number of hydrogen-bond acceptors (Lipinski definition) is 2. The van der Waals surface area contributed by atoms with Crippen LogP contribution in [0, 0.1) is 5.82 Å². The van der Waals surface area contributed by atoms with E-state index in [1.54, 1.807) is 31.3 Å². The van der Waals surface area contributed by atoms with Crippen molar-refractivity contribution in [1.82, 2.24) is 9.47 Å². The van der Waals surface area contributed by atoms with Gasteiger partial charge in [-0.3, -0.25) is 9.59 Å². The monoisotopic (exact) mass is 452 g/mol. The molecule has 0 saturated heterocycles. The largest absolute Gasteiger partial charge is 0.340 e. The lowest BCUT2D eigenvalue weighted by atomic mass is 10.1. The maximum absolute atomic E-state index is 14.1. The number of rotatable bonds is 4. The van der Waals surface area contributed by atoms with Crippen LogP contribution in [-0.2, 0) is 17.9 Å². The topological polar surface area (TPSA) is 42.3 Å². The Morgan fingerprint density at radius 3 is 2.21 bits per heavy atom. The maximum atomic E-state index is 14.1. The molecule has 1 aromatic heterocycles. The zero-order valence-electron chi connectivity index (χ0n) is 15.7. The van der Waals surface area contributed by atoms with Crippen molar-refractivity contribution in [3.63, 3.8) is 0 Å². The molecule has 0 N–H and O–H groups in total. The van der Waals surface area contributed by atoms with Crippen LogP contribution in [0.25, 0.3) is 21.8 Å². The summed E-state index contributed by atoms with van der Waals surface area (Å²) < 4.78 is 16.7. The number of amides is 1. The van der Waals surface area contributed by atoms with Gasteiger partial charge in [0.1, 0.15) is 12.4 Å². The number of aromatic nitrogens is 1. The molecule has 0 bridgehead atoms. The predicted octanol–water partition coefficient (Wildman–Crippen LogP) is 4.71. The van der Waals surface area contributed by atoms with Crippen molar-refractivity contribution in [2.45, 2.75) is 13.1 Å². The smallest absolute Gasteiger partial charge is 0.242 e. The molecule has 0 saturated carbocycles. The van der Waals surface area contributed by atoms with Crippen molar-refractivity contribution < 1.29 is 9.18 Å². The average Bonchev–Trinajstić information content (AvgIpc) is 2.73. The standard InChI is InChI=1S/C23H18BrFN2O2/c1-26(13-15-12-16(24)10-11-19(15)25)22(28)14-27-20-8-4-2-6-17(20)23(29)18-7-3-5-9-21(18)27/h2-12H,13-14H2,1H3. The van der Waals surface area contributed by atoms with E-state index in [0.29, 0.717) is 27.4 Å². The van der Waals surface area contributed by atoms with E-state index in [1.165, 1.54) is 11.0 Å². The molecule has 4 aromatic rings. The Labute approximate surface area is 175 Å². The molecule has 1 heterocycles. The van der Waals surface area contributed by atoms with Gasteiger partial charge in [-0.25, -0.2) is 4.39 Å². The molecule has 0 aliphatic heterocycles. The Balaban J connectivity index is 1.73. The van der Waals surface area contributed by atoms with Crippen LogP contribution in [0.3, 0.4) is 0 Å². The van der Waals surface area contributed by atoms with Gasteiger partial charge in [0.2, 0.25) is 5.91 Å². The average molecular weight is 453 g/mol. The molecular weight excluding hydrogens is 435 g/mol. The second-order valence-electron chi connectivity index (χ2n) is 6.94. The molecule has 0 unspecified atom stereocenters. The minimum Gasteiger partial charge on any atom is -0.340 e. The van der Waals surface area contributed by atoms with Crippen molar-refractivity contribution >= 4 is 43.6 Å². The van der Waals surface area contributed by atoms with Gasteiger partial charge in [-0.15, -0.1) is 0 Å². The van der Waals surface area contributed by atoms with Gasteiger partial charge in [0, 0.05) is 34.4 Å². The number of carbonyl (C=O) groups is 1. The molecule has 4 nitrogen and oxygen atoms in total. The first-order chi connectivity index (χ1) is 14.0. The van der Waals surface area contributed by atoms with E-state index in [-0.39, 0.29) is 30.2 Å². The number of halogens is 2. The number of para-hydroxylation sites is 2. The van der Waals surface area contributed by atoms with Crippen LogP contribution in [0.4, 0.5) is 4.39 Å². The summed E-state index contributed by atoms with van der Waals surface area (Å²) in [5, 5.41) is 1.14. The third-order valence-electron chi connectivity index (χ3n) is 5.01. The van der Waals surface area contributed by atoms with Gasteiger partial charge in [-0.05, 0) is 42.5 Å². The number of hydrogen-bond donors (Lipinski definition) is 0. The highest BCUT2D eigenvalue weighted by atomic mass is 79.9. The number of nitrogens with zero attached hydrogens (tertiary/aromatic N) is 2.